The maximum absolute atomic E-state index is 13.0. The minimum absolute atomic E-state index is 0.195. The van der Waals surface area contributed by atoms with E-state index in [9.17, 15) is 13.2 Å². The first kappa shape index (κ1) is 21.6. The van der Waals surface area contributed by atoms with Crippen LogP contribution in [0.4, 0.5) is 5.69 Å². The van der Waals surface area contributed by atoms with Crippen molar-refractivity contribution in [3.63, 3.8) is 0 Å². The molecule has 0 aliphatic carbocycles. The summed E-state index contributed by atoms with van der Waals surface area (Å²) in [5.74, 6) is 0. The van der Waals surface area contributed by atoms with Gasteiger partial charge in [0.05, 0.1) is 4.90 Å². The highest BCUT2D eigenvalue weighted by atomic mass is 35.5. The molecule has 2 aromatic carbocycles. The van der Waals surface area contributed by atoms with Crippen LogP contribution in [0.15, 0.2) is 66.1 Å². The number of nitrogens with zero attached hydrogens (tertiary/aromatic N) is 2. The molecule has 1 heterocycles. The molecular weight excluding hydrogens is 431 g/mol. The number of anilines is 1. The van der Waals surface area contributed by atoms with Crippen molar-refractivity contribution in [3.8, 4) is 0 Å². The SMILES string of the molecule is C=C(Cl)c1ccc(N2CCN(S(=O)(=O)c3cccc(C=CC(=O)Cl)c3)CC2)cc1. The summed E-state index contributed by atoms with van der Waals surface area (Å²) in [6, 6.07) is 14.2. The van der Waals surface area contributed by atoms with E-state index in [1.165, 1.54) is 22.5 Å². The van der Waals surface area contributed by atoms with Crippen molar-refractivity contribution < 1.29 is 13.2 Å². The Morgan fingerprint density at radius 3 is 2.24 bits per heavy atom. The van der Waals surface area contributed by atoms with Crippen LogP contribution in [0.1, 0.15) is 11.1 Å². The van der Waals surface area contributed by atoms with E-state index in [4.69, 9.17) is 23.2 Å². The number of piperazine rings is 1. The predicted octanol–water partition coefficient (Wildman–Crippen LogP) is 4.19. The fraction of sp³-hybridized carbons (Fsp3) is 0.190. The molecule has 1 aliphatic rings. The lowest BCUT2D eigenvalue weighted by atomic mass is 10.2. The number of carbonyl (C=O) groups excluding carboxylic acids is 1. The van der Waals surface area contributed by atoms with Crippen LogP contribution in [0.2, 0.25) is 0 Å². The van der Waals surface area contributed by atoms with E-state index < -0.39 is 15.3 Å². The fourth-order valence-electron chi connectivity index (χ4n) is 3.13. The van der Waals surface area contributed by atoms with Crippen LogP contribution in [0.5, 0.6) is 0 Å². The minimum atomic E-state index is -3.62. The molecular formula is C21H20Cl2N2O3S. The number of benzene rings is 2. The van der Waals surface area contributed by atoms with Crippen molar-refractivity contribution in [2.24, 2.45) is 0 Å². The minimum Gasteiger partial charge on any atom is -0.369 e. The summed E-state index contributed by atoms with van der Waals surface area (Å²) in [7, 11) is -3.62. The molecule has 1 saturated heterocycles. The molecule has 5 nitrogen and oxygen atoms in total. The van der Waals surface area contributed by atoms with E-state index >= 15 is 0 Å². The van der Waals surface area contributed by atoms with Crippen molar-refractivity contribution in [3.05, 3.63) is 72.3 Å². The molecule has 0 unspecified atom stereocenters. The summed E-state index contributed by atoms with van der Waals surface area (Å²) in [5.41, 5.74) is 2.47. The zero-order valence-corrected chi connectivity index (χ0v) is 17.9. The second-order valence-corrected chi connectivity index (χ2v) is 9.32. The summed E-state index contributed by atoms with van der Waals surface area (Å²) in [6.45, 7) is 5.64. The quantitative estimate of drug-likeness (QED) is 0.488. The van der Waals surface area contributed by atoms with Gasteiger partial charge in [0.15, 0.2) is 0 Å². The molecule has 8 heteroatoms. The summed E-state index contributed by atoms with van der Waals surface area (Å²) in [6.07, 6.45) is 2.68. The highest BCUT2D eigenvalue weighted by Crippen LogP contribution is 2.24. The van der Waals surface area contributed by atoms with E-state index in [2.05, 4.69) is 11.5 Å². The van der Waals surface area contributed by atoms with Gasteiger partial charge in [-0.25, -0.2) is 8.42 Å². The smallest absolute Gasteiger partial charge is 0.245 e. The second kappa shape index (κ2) is 9.13. The summed E-state index contributed by atoms with van der Waals surface area (Å²) in [5, 5.41) is -0.127. The van der Waals surface area contributed by atoms with E-state index in [1.807, 2.05) is 24.3 Å². The standard InChI is InChI=1S/C21H20Cl2N2O3S/c1-16(22)18-6-8-19(9-7-18)24-11-13-25(14-12-24)29(27,28)20-4-2-3-17(15-20)5-10-21(23)26/h2-10,15H,1,11-14H2. The Labute approximate surface area is 180 Å². The van der Waals surface area contributed by atoms with Gasteiger partial charge in [-0.1, -0.05) is 48.5 Å². The first-order valence-electron chi connectivity index (χ1n) is 8.95. The summed E-state index contributed by atoms with van der Waals surface area (Å²) in [4.78, 5) is 13.2. The van der Waals surface area contributed by atoms with Gasteiger partial charge in [0, 0.05) is 36.9 Å². The third-order valence-electron chi connectivity index (χ3n) is 4.69. The Bertz CT molecular complexity index is 1040. The highest BCUT2D eigenvalue weighted by molar-refractivity contribution is 7.89. The average molecular weight is 451 g/mol. The molecule has 3 rings (SSSR count). The molecule has 2 aromatic rings. The van der Waals surface area contributed by atoms with Crippen LogP contribution in [-0.2, 0) is 14.8 Å². The summed E-state index contributed by atoms with van der Waals surface area (Å²) < 4.78 is 27.5. The zero-order chi connectivity index (χ0) is 21.0. The molecule has 1 fully saturated rings. The Morgan fingerprint density at radius 1 is 1.00 bits per heavy atom. The maximum atomic E-state index is 13.0. The molecule has 0 radical (unpaired) electrons. The molecule has 1 aliphatic heterocycles. The van der Waals surface area contributed by atoms with Crippen LogP contribution < -0.4 is 4.90 Å². The van der Waals surface area contributed by atoms with Gasteiger partial charge >= 0.3 is 0 Å². The zero-order valence-electron chi connectivity index (χ0n) is 15.6. The van der Waals surface area contributed by atoms with E-state index in [1.54, 1.807) is 18.2 Å². The number of allylic oxidation sites excluding steroid dienone is 1. The molecule has 0 spiro atoms. The van der Waals surface area contributed by atoms with Gasteiger partial charge in [-0.2, -0.15) is 4.31 Å². The monoisotopic (exact) mass is 450 g/mol. The van der Waals surface area contributed by atoms with Crippen LogP contribution >= 0.6 is 23.2 Å². The van der Waals surface area contributed by atoms with Crippen molar-refractivity contribution >= 4 is 55.3 Å². The molecule has 152 valence electrons. The van der Waals surface area contributed by atoms with Crippen molar-refractivity contribution in [2.45, 2.75) is 4.90 Å². The Kier molecular flexibility index (Phi) is 6.80. The van der Waals surface area contributed by atoms with Crippen LogP contribution in [0.25, 0.3) is 11.1 Å². The van der Waals surface area contributed by atoms with E-state index in [0.29, 0.717) is 36.8 Å². The molecule has 0 aromatic heterocycles. The number of carbonyl (C=O) groups is 1. The van der Waals surface area contributed by atoms with Crippen LogP contribution in [-0.4, -0.2) is 44.1 Å². The Balaban J connectivity index is 1.70. The van der Waals surface area contributed by atoms with Gasteiger partial charge < -0.3 is 4.90 Å². The normalized spacial score (nSPS) is 15.6. The molecule has 0 N–H and O–H groups in total. The van der Waals surface area contributed by atoms with Gasteiger partial charge in [-0.3, -0.25) is 4.79 Å². The first-order chi connectivity index (χ1) is 13.8. The predicted molar refractivity (Wildman–Crippen MR) is 119 cm³/mol. The lowest BCUT2D eigenvalue weighted by Gasteiger charge is -2.35. The maximum Gasteiger partial charge on any atom is 0.245 e. The van der Waals surface area contributed by atoms with Gasteiger partial charge in [-0.15, -0.1) is 0 Å². The van der Waals surface area contributed by atoms with Gasteiger partial charge in [-0.05, 0) is 53.1 Å². The summed E-state index contributed by atoms with van der Waals surface area (Å²) >= 11 is 11.2. The lowest BCUT2D eigenvalue weighted by Crippen LogP contribution is -2.48. The van der Waals surface area contributed by atoms with Crippen molar-refractivity contribution in [1.82, 2.24) is 4.31 Å². The first-order valence-corrected chi connectivity index (χ1v) is 11.1. The third-order valence-corrected chi connectivity index (χ3v) is 6.93. The number of sulfonamides is 1. The molecule has 0 bridgehead atoms. The lowest BCUT2D eigenvalue weighted by molar-refractivity contribution is -0.107. The van der Waals surface area contributed by atoms with E-state index in [0.717, 1.165) is 11.3 Å². The number of rotatable bonds is 6. The van der Waals surface area contributed by atoms with E-state index in [-0.39, 0.29) is 4.90 Å². The Morgan fingerprint density at radius 2 is 1.66 bits per heavy atom. The van der Waals surface area contributed by atoms with Gasteiger partial charge in [0.2, 0.25) is 15.3 Å². The average Bonchev–Trinajstić information content (AvgIpc) is 2.72. The second-order valence-electron chi connectivity index (χ2n) is 6.55. The fourth-order valence-corrected chi connectivity index (χ4v) is 4.80. The molecule has 0 amide bonds. The van der Waals surface area contributed by atoms with Gasteiger partial charge in [0.1, 0.15) is 0 Å². The van der Waals surface area contributed by atoms with Crippen molar-refractivity contribution in [1.29, 1.82) is 0 Å². The highest BCUT2D eigenvalue weighted by Gasteiger charge is 2.28. The van der Waals surface area contributed by atoms with Crippen LogP contribution in [0, 0.1) is 0 Å². The van der Waals surface area contributed by atoms with Crippen molar-refractivity contribution in [2.75, 3.05) is 31.1 Å². The van der Waals surface area contributed by atoms with Gasteiger partial charge in [0.25, 0.3) is 0 Å². The largest absolute Gasteiger partial charge is 0.369 e. The number of hydrogen-bond donors (Lipinski definition) is 0. The molecule has 29 heavy (non-hydrogen) atoms. The third kappa shape index (κ3) is 5.28. The number of halogens is 2. The number of hydrogen-bond acceptors (Lipinski definition) is 4. The molecule has 0 atom stereocenters. The molecule has 0 saturated carbocycles. The Hall–Kier alpha value is -2.12. The topological polar surface area (TPSA) is 57.7 Å². The van der Waals surface area contributed by atoms with Crippen LogP contribution in [0.3, 0.4) is 0 Å².